The highest BCUT2D eigenvalue weighted by Gasteiger charge is 2.22. The Hall–Kier alpha value is -1.87. The van der Waals surface area contributed by atoms with Crippen molar-refractivity contribution in [3.63, 3.8) is 0 Å². The number of hydrogen-bond acceptors (Lipinski definition) is 3. The fourth-order valence-electron chi connectivity index (χ4n) is 2.60. The molecule has 0 aliphatic carbocycles. The maximum absolute atomic E-state index is 4.69. The maximum atomic E-state index is 4.69. The molecule has 0 amide bonds. The molecule has 0 bridgehead atoms. The van der Waals surface area contributed by atoms with Gasteiger partial charge in [-0.15, -0.1) is 0 Å². The van der Waals surface area contributed by atoms with Gasteiger partial charge < -0.3 is 0 Å². The first-order valence-corrected chi connectivity index (χ1v) is 7.11. The van der Waals surface area contributed by atoms with Gasteiger partial charge in [-0.05, 0) is 31.5 Å². The average molecular weight is 264 g/mol. The van der Waals surface area contributed by atoms with Crippen LogP contribution in [0.3, 0.4) is 0 Å². The molecule has 0 unspecified atom stereocenters. The van der Waals surface area contributed by atoms with Gasteiger partial charge in [0.05, 0.1) is 11.2 Å². The molecule has 1 aliphatic rings. The Labute approximate surface area is 115 Å². The molecule has 2 heterocycles. The summed E-state index contributed by atoms with van der Waals surface area (Å²) in [4.78, 5) is 11.8. The summed E-state index contributed by atoms with van der Waals surface area (Å²) in [5, 5.41) is 1.20. The normalized spacial score (nSPS) is 12.5. The van der Waals surface area contributed by atoms with Crippen molar-refractivity contribution in [2.75, 3.05) is 0 Å². The first-order chi connectivity index (χ1) is 9.24. The van der Waals surface area contributed by atoms with E-state index in [1.54, 1.807) is 0 Å². The first kappa shape index (κ1) is 11.0. The Balaban J connectivity index is 2.23. The Morgan fingerprint density at radius 3 is 2.68 bits per heavy atom. The van der Waals surface area contributed by atoms with Gasteiger partial charge in [-0.25, -0.2) is 9.97 Å². The van der Waals surface area contributed by atoms with Crippen molar-refractivity contribution in [3.8, 4) is 11.3 Å². The van der Waals surface area contributed by atoms with Gasteiger partial charge in [0.2, 0.25) is 0 Å². The van der Waals surface area contributed by atoms with E-state index in [-0.39, 0.29) is 0 Å². The van der Waals surface area contributed by atoms with Crippen LogP contribution in [-0.4, -0.2) is 9.97 Å². The Morgan fingerprint density at radius 2 is 1.79 bits per heavy atom. The fraction of sp³-hybridized carbons (Fsp3) is 0.125. The summed E-state index contributed by atoms with van der Waals surface area (Å²) in [6.07, 6.45) is 0. The van der Waals surface area contributed by atoms with E-state index in [0.717, 1.165) is 17.0 Å². The molecule has 0 radical (unpaired) electrons. The molecule has 19 heavy (non-hydrogen) atoms. The SMILES string of the molecule is Cc1nc2c3c(c(C)ccc3n1)Sc1ccccc1-2. The summed E-state index contributed by atoms with van der Waals surface area (Å²) in [7, 11) is 0. The lowest BCUT2D eigenvalue weighted by Crippen LogP contribution is -2.00. The molecule has 1 aromatic heterocycles. The summed E-state index contributed by atoms with van der Waals surface area (Å²) < 4.78 is 0. The van der Waals surface area contributed by atoms with Crippen LogP contribution in [0.25, 0.3) is 22.2 Å². The first-order valence-electron chi connectivity index (χ1n) is 6.29. The second-order valence-corrected chi connectivity index (χ2v) is 5.88. The standard InChI is InChI=1S/C16H12N2S/c1-9-7-8-12-14-15(18-10(2)17-12)11-5-3-4-6-13(11)19-16(9)14/h3-8H,1-2H3. The number of rotatable bonds is 0. The van der Waals surface area contributed by atoms with Crippen LogP contribution in [0.5, 0.6) is 0 Å². The molecule has 2 aromatic carbocycles. The van der Waals surface area contributed by atoms with E-state index in [1.807, 2.05) is 18.7 Å². The van der Waals surface area contributed by atoms with Crippen molar-refractivity contribution in [1.82, 2.24) is 9.97 Å². The van der Waals surface area contributed by atoms with Crippen molar-refractivity contribution in [2.24, 2.45) is 0 Å². The van der Waals surface area contributed by atoms with Gasteiger partial charge in [-0.2, -0.15) is 0 Å². The number of fused-ring (bicyclic) bond motifs is 2. The number of aromatic nitrogens is 2. The van der Waals surface area contributed by atoms with E-state index in [9.17, 15) is 0 Å². The second-order valence-electron chi connectivity index (χ2n) is 4.82. The van der Waals surface area contributed by atoms with Gasteiger partial charge in [-0.3, -0.25) is 0 Å². The van der Waals surface area contributed by atoms with Crippen molar-refractivity contribution >= 4 is 22.7 Å². The summed E-state index contributed by atoms with van der Waals surface area (Å²) in [5.41, 5.74) is 4.64. The van der Waals surface area contributed by atoms with Crippen LogP contribution < -0.4 is 0 Å². The van der Waals surface area contributed by atoms with Gasteiger partial charge in [0, 0.05) is 20.7 Å². The van der Waals surface area contributed by atoms with E-state index in [2.05, 4.69) is 53.3 Å². The molecular formula is C16H12N2S. The number of nitrogens with zero attached hydrogens (tertiary/aromatic N) is 2. The Kier molecular flexibility index (Phi) is 2.21. The molecule has 3 aromatic rings. The third-order valence-electron chi connectivity index (χ3n) is 3.48. The molecular weight excluding hydrogens is 252 g/mol. The highest BCUT2D eigenvalue weighted by atomic mass is 32.2. The molecule has 0 atom stereocenters. The minimum absolute atomic E-state index is 0.832. The molecule has 0 N–H and O–H groups in total. The monoisotopic (exact) mass is 264 g/mol. The summed E-state index contributed by atoms with van der Waals surface area (Å²) in [6.45, 7) is 4.11. The van der Waals surface area contributed by atoms with E-state index in [1.165, 1.54) is 26.3 Å². The average Bonchev–Trinajstić information content (AvgIpc) is 2.42. The van der Waals surface area contributed by atoms with Crippen LogP contribution in [0.15, 0.2) is 46.2 Å². The lowest BCUT2D eigenvalue weighted by Gasteiger charge is -2.20. The predicted molar refractivity (Wildman–Crippen MR) is 78.6 cm³/mol. The summed E-state index contributed by atoms with van der Waals surface area (Å²) >= 11 is 1.83. The van der Waals surface area contributed by atoms with Crippen LogP contribution in [0.1, 0.15) is 11.4 Å². The maximum Gasteiger partial charge on any atom is 0.126 e. The van der Waals surface area contributed by atoms with Crippen molar-refractivity contribution < 1.29 is 0 Å². The molecule has 4 rings (SSSR count). The quantitative estimate of drug-likeness (QED) is 0.471. The van der Waals surface area contributed by atoms with E-state index >= 15 is 0 Å². The molecule has 0 saturated carbocycles. The van der Waals surface area contributed by atoms with Crippen LogP contribution >= 0.6 is 11.8 Å². The van der Waals surface area contributed by atoms with Crippen molar-refractivity contribution in [1.29, 1.82) is 0 Å². The van der Waals surface area contributed by atoms with Gasteiger partial charge >= 0.3 is 0 Å². The highest BCUT2D eigenvalue weighted by molar-refractivity contribution is 7.99. The molecule has 0 spiro atoms. The molecule has 0 saturated heterocycles. The van der Waals surface area contributed by atoms with E-state index in [0.29, 0.717) is 0 Å². The zero-order valence-electron chi connectivity index (χ0n) is 10.8. The zero-order chi connectivity index (χ0) is 13.0. The molecule has 3 heteroatoms. The second kappa shape index (κ2) is 3.81. The van der Waals surface area contributed by atoms with Crippen molar-refractivity contribution in [2.45, 2.75) is 23.6 Å². The largest absolute Gasteiger partial charge is 0.233 e. The van der Waals surface area contributed by atoms with Gasteiger partial charge in [0.25, 0.3) is 0 Å². The third kappa shape index (κ3) is 1.51. The predicted octanol–water partition coefficient (Wildman–Crippen LogP) is 4.38. The summed E-state index contributed by atoms with van der Waals surface area (Å²) in [6, 6.07) is 12.7. The zero-order valence-corrected chi connectivity index (χ0v) is 11.6. The number of aryl methyl sites for hydroxylation is 2. The minimum Gasteiger partial charge on any atom is -0.233 e. The number of hydrogen-bond donors (Lipinski definition) is 0. The Morgan fingerprint density at radius 1 is 0.947 bits per heavy atom. The Bertz CT molecular complexity index is 824. The van der Waals surface area contributed by atoms with Crippen LogP contribution in [-0.2, 0) is 0 Å². The highest BCUT2D eigenvalue weighted by Crippen LogP contribution is 2.47. The smallest absolute Gasteiger partial charge is 0.126 e. The van der Waals surface area contributed by atoms with Crippen LogP contribution in [0, 0.1) is 13.8 Å². The third-order valence-corrected chi connectivity index (χ3v) is 4.79. The van der Waals surface area contributed by atoms with Gasteiger partial charge in [-0.1, -0.05) is 36.0 Å². The molecule has 2 nitrogen and oxygen atoms in total. The summed E-state index contributed by atoms with van der Waals surface area (Å²) in [5.74, 6) is 0.832. The molecule has 1 aliphatic heterocycles. The van der Waals surface area contributed by atoms with E-state index < -0.39 is 0 Å². The van der Waals surface area contributed by atoms with Crippen LogP contribution in [0.2, 0.25) is 0 Å². The van der Waals surface area contributed by atoms with Crippen LogP contribution in [0.4, 0.5) is 0 Å². The lowest BCUT2D eigenvalue weighted by atomic mass is 10.0. The van der Waals surface area contributed by atoms with Gasteiger partial charge in [0.1, 0.15) is 5.82 Å². The van der Waals surface area contributed by atoms with E-state index in [4.69, 9.17) is 0 Å². The fourth-order valence-corrected chi connectivity index (χ4v) is 3.78. The number of benzene rings is 2. The van der Waals surface area contributed by atoms with Crippen molar-refractivity contribution in [3.05, 3.63) is 47.8 Å². The molecule has 92 valence electrons. The minimum atomic E-state index is 0.832. The topological polar surface area (TPSA) is 25.8 Å². The molecule has 0 fully saturated rings. The lowest BCUT2D eigenvalue weighted by molar-refractivity contribution is 1.08. The van der Waals surface area contributed by atoms with Gasteiger partial charge in [0.15, 0.2) is 0 Å².